The van der Waals surface area contributed by atoms with Crippen LogP contribution in [0.15, 0.2) is 23.7 Å². The lowest BCUT2D eigenvalue weighted by Crippen LogP contribution is -2.30. The van der Waals surface area contributed by atoms with Gasteiger partial charge in [-0.05, 0) is 31.0 Å². The molecule has 0 heterocycles. The van der Waals surface area contributed by atoms with E-state index in [2.05, 4.69) is 17.2 Å². The molecule has 2 amide bonds. The molecule has 0 fully saturated rings. The summed E-state index contributed by atoms with van der Waals surface area (Å²) in [6.07, 6.45) is 0. The lowest BCUT2D eigenvalue weighted by molar-refractivity contribution is 0.0698. The minimum absolute atomic E-state index is 0.0531. The highest BCUT2D eigenvalue weighted by atomic mass is 35.5. The molecule has 0 aliphatic heterocycles. The fourth-order valence-corrected chi connectivity index (χ4v) is 1.70. The van der Waals surface area contributed by atoms with Crippen molar-refractivity contribution in [1.82, 2.24) is 5.32 Å². The molecule has 5 nitrogen and oxygen atoms in total. The molecule has 19 heavy (non-hydrogen) atoms. The average molecular weight is 283 g/mol. The lowest BCUT2D eigenvalue weighted by Gasteiger charge is -2.13. The van der Waals surface area contributed by atoms with Gasteiger partial charge in [-0.25, -0.2) is 9.59 Å². The molecule has 0 spiro atoms. The summed E-state index contributed by atoms with van der Waals surface area (Å²) >= 11 is 5.53. The molecule has 0 radical (unpaired) electrons. The Balaban J connectivity index is 2.97. The predicted octanol–water partition coefficient (Wildman–Crippen LogP) is 2.88. The van der Waals surface area contributed by atoms with Gasteiger partial charge in [0.25, 0.3) is 0 Å². The summed E-state index contributed by atoms with van der Waals surface area (Å²) in [4.78, 5) is 22.8. The molecule has 0 saturated heterocycles. The Hall–Kier alpha value is -2.01. The first kappa shape index (κ1) is 15.0. The van der Waals surface area contributed by atoms with Crippen molar-refractivity contribution in [2.24, 2.45) is 0 Å². The van der Waals surface area contributed by atoms with Gasteiger partial charge in [-0.1, -0.05) is 24.2 Å². The van der Waals surface area contributed by atoms with Crippen LogP contribution in [-0.4, -0.2) is 23.7 Å². The van der Waals surface area contributed by atoms with E-state index < -0.39 is 12.0 Å². The number of hydrogen-bond acceptors (Lipinski definition) is 2. The summed E-state index contributed by atoms with van der Waals surface area (Å²) in [6, 6.07) is 2.77. The molecule has 0 aliphatic rings. The molecule has 0 bridgehead atoms. The highest BCUT2D eigenvalue weighted by molar-refractivity contribution is 6.29. The van der Waals surface area contributed by atoms with Crippen molar-refractivity contribution in [3.63, 3.8) is 0 Å². The quantitative estimate of drug-likeness (QED) is 0.794. The largest absolute Gasteiger partial charge is 0.478 e. The lowest BCUT2D eigenvalue weighted by atomic mass is 10.0. The fourth-order valence-electron chi connectivity index (χ4n) is 1.64. The van der Waals surface area contributed by atoms with Gasteiger partial charge in [-0.3, -0.25) is 0 Å². The number of carbonyl (C=O) groups is 2. The van der Waals surface area contributed by atoms with Crippen LogP contribution < -0.4 is 10.6 Å². The van der Waals surface area contributed by atoms with Gasteiger partial charge in [0, 0.05) is 5.03 Å². The molecule has 1 aromatic carbocycles. The number of aryl methyl sites for hydroxylation is 2. The van der Waals surface area contributed by atoms with Crippen molar-refractivity contribution in [1.29, 1.82) is 0 Å². The van der Waals surface area contributed by atoms with Crippen LogP contribution >= 0.6 is 11.6 Å². The van der Waals surface area contributed by atoms with Crippen molar-refractivity contribution in [2.45, 2.75) is 13.8 Å². The second-order valence-electron chi connectivity index (χ2n) is 4.13. The topological polar surface area (TPSA) is 78.4 Å². The zero-order chi connectivity index (χ0) is 14.6. The molecular weight excluding hydrogens is 268 g/mol. The van der Waals surface area contributed by atoms with Crippen molar-refractivity contribution in [2.75, 3.05) is 11.9 Å². The Morgan fingerprint density at radius 1 is 1.37 bits per heavy atom. The van der Waals surface area contributed by atoms with E-state index >= 15 is 0 Å². The van der Waals surface area contributed by atoms with Gasteiger partial charge in [0.05, 0.1) is 17.8 Å². The number of aromatic carboxylic acids is 1. The van der Waals surface area contributed by atoms with Crippen molar-refractivity contribution in [3.05, 3.63) is 40.4 Å². The van der Waals surface area contributed by atoms with E-state index in [0.717, 1.165) is 5.56 Å². The SMILES string of the molecule is C=C(Cl)CNC(=O)Nc1c(C)cc(C)cc1C(=O)O. The van der Waals surface area contributed by atoms with E-state index in [-0.39, 0.29) is 22.8 Å². The molecule has 0 atom stereocenters. The van der Waals surface area contributed by atoms with Gasteiger partial charge in [0.15, 0.2) is 0 Å². The van der Waals surface area contributed by atoms with Gasteiger partial charge in [-0.2, -0.15) is 0 Å². The molecule has 0 aliphatic carbocycles. The maximum Gasteiger partial charge on any atom is 0.337 e. The zero-order valence-electron chi connectivity index (χ0n) is 10.7. The Morgan fingerprint density at radius 3 is 2.53 bits per heavy atom. The Labute approximate surface area is 116 Å². The van der Waals surface area contributed by atoms with Crippen LogP contribution in [0.25, 0.3) is 0 Å². The van der Waals surface area contributed by atoms with Crippen LogP contribution in [0.3, 0.4) is 0 Å². The number of carbonyl (C=O) groups excluding carboxylic acids is 1. The van der Waals surface area contributed by atoms with Gasteiger partial charge in [0.1, 0.15) is 0 Å². The third-order valence-corrected chi connectivity index (χ3v) is 2.52. The normalized spacial score (nSPS) is 9.84. The molecule has 0 saturated carbocycles. The second kappa shape index (κ2) is 6.24. The van der Waals surface area contributed by atoms with Gasteiger partial charge in [0.2, 0.25) is 0 Å². The number of hydrogen-bond donors (Lipinski definition) is 3. The van der Waals surface area contributed by atoms with E-state index in [4.69, 9.17) is 16.7 Å². The first-order chi connectivity index (χ1) is 8.81. The van der Waals surface area contributed by atoms with Gasteiger partial charge >= 0.3 is 12.0 Å². The molecule has 6 heteroatoms. The minimum Gasteiger partial charge on any atom is -0.478 e. The number of benzene rings is 1. The second-order valence-corrected chi connectivity index (χ2v) is 4.67. The highest BCUT2D eigenvalue weighted by Gasteiger charge is 2.15. The standard InChI is InChI=1S/C13H15ClN2O3/c1-7-4-8(2)11(10(5-7)12(17)18)16-13(19)15-6-9(3)14/h4-5H,3,6H2,1-2H3,(H,17,18)(H2,15,16,19). The smallest absolute Gasteiger partial charge is 0.337 e. The molecular formula is C13H15ClN2O3. The van der Waals surface area contributed by atoms with Crippen LogP contribution in [0, 0.1) is 13.8 Å². The third kappa shape index (κ3) is 4.30. The summed E-state index contributed by atoms with van der Waals surface area (Å²) in [5, 5.41) is 14.4. The third-order valence-electron chi connectivity index (χ3n) is 2.39. The number of halogens is 1. The van der Waals surface area contributed by atoms with Crippen molar-refractivity contribution >= 4 is 29.3 Å². The fraction of sp³-hybridized carbons (Fsp3) is 0.231. The summed E-state index contributed by atoms with van der Waals surface area (Å²) in [5.74, 6) is -1.09. The van der Waals surface area contributed by atoms with Crippen molar-refractivity contribution < 1.29 is 14.7 Å². The summed E-state index contributed by atoms with van der Waals surface area (Å²) in [5.41, 5.74) is 1.82. The highest BCUT2D eigenvalue weighted by Crippen LogP contribution is 2.22. The Bertz CT molecular complexity index is 541. The van der Waals surface area contributed by atoms with Crippen molar-refractivity contribution in [3.8, 4) is 0 Å². The summed E-state index contributed by atoms with van der Waals surface area (Å²) in [6.45, 7) is 7.07. The van der Waals surface area contributed by atoms with E-state index in [9.17, 15) is 9.59 Å². The Kier molecular flexibility index (Phi) is 4.94. The van der Waals surface area contributed by atoms with Crippen LogP contribution in [0.5, 0.6) is 0 Å². The molecule has 3 N–H and O–H groups in total. The number of carboxylic acids is 1. The maximum absolute atomic E-state index is 11.6. The van der Waals surface area contributed by atoms with Crippen LogP contribution in [-0.2, 0) is 0 Å². The number of nitrogens with one attached hydrogen (secondary N) is 2. The van der Waals surface area contributed by atoms with Gasteiger partial charge < -0.3 is 15.7 Å². The zero-order valence-corrected chi connectivity index (χ0v) is 11.5. The van der Waals surface area contributed by atoms with E-state index in [1.165, 1.54) is 6.07 Å². The predicted molar refractivity (Wildman–Crippen MR) is 74.9 cm³/mol. The molecule has 102 valence electrons. The summed E-state index contributed by atoms with van der Waals surface area (Å²) < 4.78 is 0. The number of anilines is 1. The van der Waals surface area contributed by atoms with Crippen LogP contribution in [0.1, 0.15) is 21.5 Å². The van der Waals surface area contributed by atoms with E-state index in [1.807, 2.05) is 0 Å². The van der Waals surface area contributed by atoms with Crippen LogP contribution in [0.2, 0.25) is 0 Å². The minimum atomic E-state index is -1.09. The Morgan fingerprint density at radius 2 is 2.00 bits per heavy atom. The van der Waals surface area contributed by atoms with Crippen LogP contribution in [0.4, 0.5) is 10.5 Å². The molecule has 1 rings (SSSR count). The molecule has 0 aromatic heterocycles. The number of amides is 2. The first-order valence-electron chi connectivity index (χ1n) is 5.54. The molecule has 1 aromatic rings. The number of urea groups is 1. The molecule has 0 unspecified atom stereocenters. The number of carboxylic acid groups (broad SMARTS) is 1. The van der Waals surface area contributed by atoms with E-state index in [0.29, 0.717) is 5.56 Å². The average Bonchev–Trinajstić information content (AvgIpc) is 2.29. The number of rotatable bonds is 4. The monoisotopic (exact) mass is 282 g/mol. The first-order valence-corrected chi connectivity index (χ1v) is 5.91. The summed E-state index contributed by atoms with van der Waals surface area (Å²) in [7, 11) is 0. The van der Waals surface area contributed by atoms with E-state index in [1.54, 1.807) is 19.9 Å². The maximum atomic E-state index is 11.6. The van der Waals surface area contributed by atoms with Gasteiger partial charge in [-0.15, -0.1) is 0 Å².